The molecule has 0 unspecified atom stereocenters. The van der Waals surface area contributed by atoms with E-state index in [1.807, 2.05) is 19.2 Å². The number of fused-ring (bicyclic) bond motifs is 1. The third-order valence-corrected chi connectivity index (χ3v) is 5.64. The Morgan fingerprint density at radius 3 is 2.61 bits per heavy atom. The number of benzene rings is 1. The number of nitrogens with one attached hydrogen (secondary N) is 1. The largest absolute Gasteiger partial charge is 0.490 e. The van der Waals surface area contributed by atoms with Gasteiger partial charge < -0.3 is 14.8 Å². The minimum absolute atomic E-state index is 0.167. The highest BCUT2D eigenvalue weighted by Gasteiger charge is 2.17. The molecule has 8 heteroatoms. The first-order chi connectivity index (χ1) is 13.5. The molecule has 1 aliphatic rings. The molecule has 0 saturated carbocycles. The molecule has 0 radical (unpaired) electrons. The van der Waals surface area contributed by atoms with E-state index >= 15 is 0 Å². The van der Waals surface area contributed by atoms with Crippen LogP contribution in [-0.2, 0) is 11.2 Å². The van der Waals surface area contributed by atoms with E-state index in [0.29, 0.717) is 35.4 Å². The molecule has 2 aromatic heterocycles. The minimum Gasteiger partial charge on any atom is -0.490 e. The molecule has 0 saturated heterocycles. The Labute approximate surface area is 172 Å². The molecule has 1 aliphatic heterocycles. The number of carbonyl (C=O) groups is 1. The van der Waals surface area contributed by atoms with Gasteiger partial charge in [-0.25, -0.2) is 4.98 Å². The highest BCUT2D eigenvalue weighted by atomic mass is 35.5. The Kier molecular flexibility index (Phi) is 5.28. The van der Waals surface area contributed by atoms with E-state index in [2.05, 4.69) is 27.0 Å². The maximum Gasteiger partial charge on any atom is 0.230 e. The van der Waals surface area contributed by atoms with Crippen LogP contribution < -0.4 is 14.8 Å². The third-order valence-electron chi connectivity index (χ3n) is 4.46. The maximum absolute atomic E-state index is 12.5. The zero-order valence-corrected chi connectivity index (χ0v) is 17.2. The molecule has 3 heterocycles. The van der Waals surface area contributed by atoms with E-state index in [0.717, 1.165) is 28.6 Å². The normalized spacial score (nSPS) is 13.2. The third kappa shape index (κ3) is 3.86. The zero-order chi connectivity index (χ0) is 19.7. The fraction of sp³-hybridized carbons (Fsp3) is 0.300. The summed E-state index contributed by atoms with van der Waals surface area (Å²) in [7, 11) is 0. The van der Waals surface area contributed by atoms with Crippen LogP contribution in [0.2, 0.25) is 5.02 Å². The van der Waals surface area contributed by atoms with Crippen molar-refractivity contribution in [1.29, 1.82) is 0 Å². The molecule has 1 N–H and O–H groups in total. The second-order valence-electron chi connectivity index (χ2n) is 6.63. The summed E-state index contributed by atoms with van der Waals surface area (Å²) < 4.78 is 13.3. The highest BCUT2D eigenvalue weighted by molar-refractivity contribution is 7.12. The van der Waals surface area contributed by atoms with E-state index in [1.54, 1.807) is 12.1 Å². The summed E-state index contributed by atoms with van der Waals surface area (Å²) >= 11 is 7.82. The summed E-state index contributed by atoms with van der Waals surface area (Å²) in [6.45, 7) is 5.23. The molecule has 4 rings (SSSR count). The number of carbonyl (C=O) groups excluding carboxylic acids is 1. The molecule has 1 amide bonds. The predicted molar refractivity (Wildman–Crippen MR) is 110 cm³/mol. The van der Waals surface area contributed by atoms with E-state index in [9.17, 15) is 4.79 Å². The SMILES string of the molecule is Cc1ccc(C)n1-c1nc(CC(=O)Nc2cc3c(cc2Cl)OCCCO3)cs1. The first-order valence-corrected chi connectivity index (χ1v) is 10.3. The number of amides is 1. The van der Waals surface area contributed by atoms with Crippen molar-refractivity contribution in [2.24, 2.45) is 0 Å². The number of hydrogen-bond acceptors (Lipinski definition) is 5. The average molecular weight is 418 g/mol. The lowest BCUT2D eigenvalue weighted by molar-refractivity contribution is -0.115. The number of nitrogens with zero attached hydrogens (tertiary/aromatic N) is 2. The van der Waals surface area contributed by atoms with Gasteiger partial charge >= 0.3 is 0 Å². The molecular weight excluding hydrogens is 398 g/mol. The van der Waals surface area contributed by atoms with Gasteiger partial charge in [-0.2, -0.15) is 0 Å². The highest BCUT2D eigenvalue weighted by Crippen LogP contribution is 2.37. The molecule has 3 aromatic rings. The van der Waals surface area contributed by atoms with Crippen LogP contribution in [-0.4, -0.2) is 28.7 Å². The molecule has 0 bridgehead atoms. The zero-order valence-electron chi connectivity index (χ0n) is 15.6. The summed E-state index contributed by atoms with van der Waals surface area (Å²) in [5, 5.41) is 6.02. The second-order valence-corrected chi connectivity index (χ2v) is 7.87. The molecule has 28 heavy (non-hydrogen) atoms. The second kappa shape index (κ2) is 7.85. The first kappa shape index (κ1) is 18.8. The van der Waals surface area contributed by atoms with Crippen molar-refractivity contribution in [2.75, 3.05) is 18.5 Å². The number of aryl methyl sites for hydroxylation is 2. The topological polar surface area (TPSA) is 65.4 Å². The molecule has 0 fully saturated rings. The summed E-state index contributed by atoms with van der Waals surface area (Å²) in [6.07, 6.45) is 0.973. The Bertz CT molecular complexity index is 1010. The van der Waals surface area contributed by atoms with E-state index < -0.39 is 0 Å². The summed E-state index contributed by atoms with van der Waals surface area (Å²) in [4.78, 5) is 17.1. The van der Waals surface area contributed by atoms with Crippen molar-refractivity contribution in [3.8, 4) is 16.6 Å². The van der Waals surface area contributed by atoms with E-state index in [1.165, 1.54) is 11.3 Å². The van der Waals surface area contributed by atoms with Crippen molar-refractivity contribution >= 4 is 34.5 Å². The lowest BCUT2D eigenvalue weighted by atomic mass is 10.2. The standard InChI is InChI=1S/C20H20ClN3O3S/c1-12-4-5-13(2)24(12)20-22-14(11-28-20)8-19(25)23-16-10-18-17(9-15(16)21)26-6-3-7-27-18/h4-5,9-11H,3,6-8H2,1-2H3,(H,23,25). The van der Waals surface area contributed by atoms with Crippen molar-refractivity contribution in [1.82, 2.24) is 9.55 Å². The van der Waals surface area contributed by atoms with Crippen LogP contribution in [0.4, 0.5) is 5.69 Å². The van der Waals surface area contributed by atoms with Gasteiger partial charge in [0.15, 0.2) is 16.6 Å². The van der Waals surface area contributed by atoms with Crippen LogP contribution in [0.25, 0.3) is 5.13 Å². The molecule has 1 aromatic carbocycles. The number of ether oxygens (including phenoxy) is 2. The van der Waals surface area contributed by atoms with Crippen LogP contribution >= 0.6 is 22.9 Å². The number of thiazole rings is 1. The molecule has 6 nitrogen and oxygen atoms in total. The van der Waals surface area contributed by atoms with Gasteiger partial charge in [-0.15, -0.1) is 11.3 Å². The lowest BCUT2D eigenvalue weighted by Crippen LogP contribution is -2.15. The number of rotatable bonds is 4. The van der Waals surface area contributed by atoms with Crippen molar-refractivity contribution in [3.63, 3.8) is 0 Å². The summed E-state index contributed by atoms with van der Waals surface area (Å²) in [5.74, 6) is 1.00. The maximum atomic E-state index is 12.5. The van der Waals surface area contributed by atoms with Gasteiger partial charge in [0.05, 0.1) is 36.0 Å². The van der Waals surface area contributed by atoms with Gasteiger partial charge in [-0.3, -0.25) is 9.36 Å². The number of halogens is 1. The van der Waals surface area contributed by atoms with E-state index in [4.69, 9.17) is 21.1 Å². The Balaban J connectivity index is 1.47. The Hall–Kier alpha value is -2.51. The minimum atomic E-state index is -0.186. The quantitative estimate of drug-likeness (QED) is 0.676. The predicted octanol–water partition coefficient (Wildman–Crippen LogP) is 4.55. The Morgan fingerprint density at radius 1 is 1.21 bits per heavy atom. The number of aromatic nitrogens is 2. The van der Waals surface area contributed by atoms with Gasteiger partial charge in [-0.1, -0.05) is 11.6 Å². The Morgan fingerprint density at radius 2 is 1.89 bits per heavy atom. The van der Waals surface area contributed by atoms with Crippen molar-refractivity contribution < 1.29 is 14.3 Å². The van der Waals surface area contributed by atoms with Crippen molar-refractivity contribution in [3.05, 3.63) is 51.7 Å². The van der Waals surface area contributed by atoms with Gasteiger partial charge in [-0.05, 0) is 26.0 Å². The summed E-state index contributed by atoms with van der Waals surface area (Å²) in [6, 6.07) is 7.49. The first-order valence-electron chi connectivity index (χ1n) is 9.00. The van der Waals surface area contributed by atoms with Crippen LogP contribution in [0.3, 0.4) is 0 Å². The van der Waals surface area contributed by atoms with Gasteiger partial charge in [0.25, 0.3) is 0 Å². The molecule has 0 atom stereocenters. The monoisotopic (exact) mass is 417 g/mol. The molecule has 0 spiro atoms. The van der Waals surface area contributed by atoms with Gasteiger partial charge in [0.1, 0.15) is 0 Å². The van der Waals surface area contributed by atoms with Crippen LogP contribution in [0.1, 0.15) is 23.5 Å². The van der Waals surface area contributed by atoms with Crippen LogP contribution in [0.5, 0.6) is 11.5 Å². The van der Waals surface area contributed by atoms with Crippen molar-refractivity contribution in [2.45, 2.75) is 26.7 Å². The number of anilines is 1. The van der Waals surface area contributed by atoms with Gasteiger partial charge in [0.2, 0.25) is 5.91 Å². The van der Waals surface area contributed by atoms with E-state index in [-0.39, 0.29) is 12.3 Å². The fourth-order valence-electron chi connectivity index (χ4n) is 3.09. The number of hydrogen-bond donors (Lipinski definition) is 1. The summed E-state index contributed by atoms with van der Waals surface area (Å²) in [5.41, 5.74) is 3.45. The fourth-order valence-corrected chi connectivity index (χ4v) is 4.23. The smallest absolute Gasteiger partial charge is 0.230 e. The molecule has 146 valence electrons. The molecule has 0 aliphatic carbocycles. The van der Waals surface area contributed by atoms with Crippen LogP contribution in [0.15, 0.2) is 29.6 Å². The molecular formula is C20H20ClN3O3S. The lowest BCUT2D eigenvalue weighted by Gasteiger charge is -2.12. The average Bonchev–Trinajstić information content (AvgIpc) is 3.15. The van der Waals surface area contributed by atoms with Crippen LogP contribution in [0, 0.1) is 13.8 Å². The van der Waals surface area contributed by atoms with Gasteiger partial charge in [0, 0.05) is 35.3 Å².